The summed E-state index contributed by atoms with van der Waals surface area (Å²) in [6.45, 7) is 5.79. The van der Waals surface area contributed by atoms with Crippen molar-refractivity contribution in [2.24, 2.45) is 0 Å². The predicted octanol–water partition coefficient (Wildman–Crippen LogP) is 3.95. The lowest BCUT2D eigenvalue weighted by Crippen LogP contribution is -2.22. The number of hydrogen-bond acceptors (Lipinski definition) is 2. The second kappa shape index (κ2) is 6.34. The van der Waals surface area contributed by atoms with E-state index in [0.29, 0.717) is 0 Å². The maximum absolute atomic E-state index is 12.9. The van der Waals surface area contributed by atoms with E-state index in [4.69, 9.17) is 0 Å². The van der Waals surface area contributed by atoms with E-state index in [0.717, 1.165) is 41.4 Å². The Morgan fingerprint density at radius 2 is 1.91 bits per heavy atom. The Balaban J connectivity index is 2.18. The summed E-state index contributed by atoms with van der Waals surface area (Å²) in [6.07, 6.45) is 6.42. The highest BCUT2D eigenvalue weighted by Crippen LogP contribution is 2.22. The zero-order valence-electron chi connectivity index (χ0n) is 13.4. The van der Waals surface area contributed by atoms with E-state index in [2.05, 4.69) is 18.0 Å². The molecular formula is C18H23N3O. The maximum Gasteiger partial charge on any atom is 0.277 e. The van der Waals surface area contributed by atoms with E-state index in [1.165, 1.54) is 19.3 Å². The number of aryl methyl sites for hydroxylation is 2. The van der Waals surface area contributed by atoms with Crippen molar-refractivity contribution in [2.45, 2.75) is 52.6 Å². The van der Waals surface area contributed by atoms with Crippen LogP contribution >= 0.6 is 0 Å². The fourth-order valence-corrected chi connectivity index (χ4v) is 3.11. The van der Waals surface area contributed by atoms with Crippen molar-refractivity contribution in [3.63, 3.8) is 0 Å². The highest BCUT2D eigenvalue weighted by Gasteiger charge is 2.14. The summed E-state index contributed by atoms with van der Waals surface area (Å²) in [6, 6.07) is 8.10. The lowest BCUT2D eigenvalue weighted by atomic mass is 10.1. The van der Waals surface area contributed by atoms with Gasteiger partial charge in [-0.1, -0.05) is 44.4 Å². The van der Waals surface area contributed by atoms with Crippen LogP contribution in [0.2, 0.25) is 0 Å². The Bertz CT molecular complexity index is 845. The number of rotatable bonds is 6. The predicted molar refractivity (Wildman–Crippen MR) is 91.3 cm³/mol. The summed E-state index contributed by atoms with van der Waals surface area (Å²) in [5.41, 5.74) is 2.64. The summed E-state index contributed by atoms with van der Waals surface area (Å²) in [5.74, 6) is 0. The molecule has 0 N–H and O–H groups in total. The lowest BCUT2D eigenvalue weighted by molar-refractivity contribution is 0.583. The molecule has 4 heteroatoms. The largest absolute Gasteiger partial charge is 0.326 e. The molecule has 0 aliphatic rings. The van der Waals surface area contributed by atoms with Crippen molar-refractivity contribution >= 4 is 21.9 Å². The molecule has 3 aromatic rings. The van der Waals surface area contributed by atoms with E-state index in [1.807, 2.05) is 34.3 Å². The highest BCUT2D eigenvalue weighted by atomic mass is 16.1. The molecule has 0 aliphatic heterocycles. The van der Waals surface area contributed by atoms with E-state index in [9.17, 15) is 4.79 Å². The average Bonchev–Trinajstić information content (AvgIpc) is 2.98. The van der Waals surface area contributed by atoms with E-state index >= 15 is 0 Å². The normalized spacial score (nSPS) is 11.5. The first-order valence-corrected chi connectivity index (χ1v) is 8.24. The molecule has 0 aliphatic carbocycles. The summed E-state index contributed by atoms with van der Waals surface area (Å²) in [7, 11) is 0. The summed E-state index contributed by atoms with van der Waals surface area (Å²) in [4.78, 5) is 17.4. The first-order chi connectivity index (χ1) is 10.8. The lowest BCUT2D eigenvalue weighted by Gasteiger charge is -2.12. The number of hydrogen-bond donors (Lipinski definition) is 0. The second-order valence-corrected chi connectivity index (χ2v) is 5.76. The molecule has 0 unspecified atom stereocenters. The van der Waals surface area contributed by atoms with Gasteiger partial charge >= 0.3 is 0 Å². The van der Waals surface area contributed by atoms with Crippen LogP contribution in [0.5, 0.6) is 0 Å². The van der Waals surface area contributed by atoms with Crippen molar-refractivity contribution < 1.29 is 0 Å². The quantitative estimate of drug-likeness (QED) is 0.646. The summed E-state index contributed by atoms with van der Waals surface area (Å²) >= 11 is 0. The zero-order valence-corrected chi connectivity index (χ0v) is 13.4. The van der Waals surface area contributed by atoms with Crippen LogP contribution < -0.4 is 5.56 Å². The molecule has 0 spiro atoms. The van der Waals surface area contributed by atoms with Crippen molar-refractivity contribution in [1.29, 1.82) is 0 Å². The van der Waals surface area contributed by atoms with Crippen molar-refractivity contribution in [3.05, 3.63) is 40.9 Å². The molecule has 0 saturated heterocycles. The van der Waals surface area contributed by atoms with Crippen LogP contribution in [-0.2, 0) is 13.1 Å². The van der Waals surface area contributed by atoms with Crippen LogP contribution in [-0.4, -0.2) is 14.1 Å². The van der Waals surface area contributed by atoms with Gasteiger partial charge in [0.2, 0.25) is 0 Å². The molecule has 116 valence electrons. The molecule has 1 aromatic carbocycles. The van der Waals surface area contributed by atoms with Gasteiger partial charge in [-0.05, 0) is 19.4 Å². The number of benzene rings is 1. The van der Waals surface area contributed by atoms with Crippen molar-refractivity contribution in [1.82, 2.24) is 14.1 Å². The number of pyridine rings is 1. The number of aromatic nitrogens is 3. The average molecular weight is 297 g/mol. The minimum absolute atomic E-state index is 0.0875. The fourth-order valence-electron chi connectivity index (χ4n) is 3.11. The number of imidazole rings is 1. The van der Waals surface area contributed by atoms with Gasteiger partial charge in [0.1, 0.15) is 11.0 Å². The molecule has 0 saturated carbocycles. The maximum atomic E-state index is 12.9. The van der Waals surface area contributed by atoms with E-state index < -0.39 is 0 Å². The fraction of sp³-hybridized carbons (Fsp3) is 0.444. The van der Waals surface area contributed by atoms with Gasteiger partial charge in [0, 0.05) is 18.5 Å². The first-order valence-electron chi connectivity index (χ1n) is 8.24. The Kier molecular flexibility index (Phi) is 4.27. The van der Waals surface area contributed by atoms with Crippen LogP contribution in [0.25, 0.3) is 21.9 Å². The Morgan fingerprint density at radius 3 is 2.68 bits per heavy atom. The van der Waals surface area contributed by atoms with Gasteiger partial charge < -0.3 is 9.13 Å². The third kappa shape index (κ3) is 2.43. The van der Waals surface area contributed by atoms with Crippen LogP contribution in [0.15, 0.2) is 35.4 Å². The number of fused-ring (bicyclic) bond motifs is 3. The third-order valence-electron chi connectivity index (χ3n) is 4.31. The molecule has 0 atom stereocenters. The molecule has 3 rings (SSSR count). The molecule has 2 heterocycles. The van der Waals surface area contributed by atoms with Gasteiger partial charge in [0.05, 0.1) is 11.8 Å². The zero-order chi connectivity index (χ0) is 15.5. The summed E-state index contributed by atoms with van der Waals surface area (Å²) < 4.78 is 3.88. The van der Waals surface area contributed by atoms with Crippen LogP contribution in [0.3, 0.4) is 0 Å². The second-order valence-electron chi connectivity index (χ2n) is 5.76. The van der Waals surface area contributed by atoms with E-state index in [1.54, 1.807) is 6.33 Å². The smallest absolute Gasteiger partial charge is 0.277 e. The van der Waals surface area contributed by atoms with Gasteiger partial charge in [-0.2, -0.15) is 0 Å². The van der Waals surface area contributed by atoms with Crippen LogP contribution in [0.1, 0.15) is 39.5 Å². The van der Waals surface area contributed by atoms with Gasteiger partial charge in [-0.15, -0.1) is 0 Å². The van der Waals surface area contributed by atoms with Gasteiger partial charge in [0.25, 0.3) is 5.56 Å². The molecule has 2 aromatic heterocycles. The monoisotopic (exact) mass is 297 g/mol. The Hall–Kier alpha value is -2.10. The molecule has 4 nitrogen and oxygen atoms in total. The molecular weight excluding hydrogens is 274 g/mol. The standard InChI is InChI=1S/C18H23N3O/c1-3-5-6-9-12-21-15-11-8-7-10-14(15)16-17(18(21)22)20(4-2)13-19-16/h7-8,10-11,13H,3-6,9,12H2,1-2H3. The Morgan fingerprint density at radius 1 is 1.09 bits per heavy atom. The van der Waals surface area contributed by atoms with Gasteiger partial charge in [-0.3, -0.25) is 4.79 Å². The summed E-state index contributed by atoms with van der Waals surface area (Å²) in [5, 5.41) is 1.07. The molecule has 0 fully saturated rings. The minimum atomic E-state index is 0.0875. The number of nitrogens with zero attached hydrogens (tertiary/aromatic N) is 3. The minimum Gasteiger partial charge on any atom is -0.326 e. The topological polar surface area (TPSA) is 39.8 Å². The van der Waals surface area contributed by atoms with Crippen LogP contribution in [0, 0.1) is 0 Å². The molecule has 22 heavy (non-hydrogen) atoms. The van der Waals surface area contributed by atoms with Gasteiger partial charge in [-0.25, -0.2) is 4.98 Å². The molecule has 0 amide bonds. The first kappa shape index (κ1) is 14.8. The van der Waals surface area contributed by atoms with Gasteiger partial charge in [0.15, 0.2) is 0 Å². The van der Waals surface area contributed by atoms with Crippen molar-refractivity contribution in [2.75, 3.05) is 0 Å². The van der Waals surface area contributed by atoms with E-state index in [-0.39, 0.29) is 5.56 Å². The van der Waals surface area contributed by atoms with Crippen LogP contribution in [0.4, 0.5) is 0 Å². The highest BCUT2D eigenvalue weighted by molar-refractivity contribution is 6.02. The van der Waals surface area contributed by atoms with Crippen molar-refractivity contribution in [3.8, 4) is 0 Å². The third-order valence-corrected chi connectivity index (χ3v) is 4.31. The number of unbranched alkanes of at least 4 members (excludes halogenated alkanes) is 3. The number of para-hydroxylation sites is 1. The SMILES string of the molecule is CCCCCCn1c(=O)c2c(ncn2CC)c2ccccc21. The molecule has 0 radical (unpaired) electrons. The molecule has 0 bridgehead atoms. The Labute approximate surface area is 130 Å².